The van der Waals surface area contributed by atoms with Crippen molar-refractivity contribution < 1.29 is 14.3 Å². The second-order valence-corrected chi connectivity index (χ2v) is 4.39. The third kappa shape index (κ3) is 2.55. The third-order valence-electron chi connectivity index (χ3n) is 2.49. The zero-order chi connectivity index (χ0) is 11.6. The minimum absolute atomic E-state index is 0.0746. The Morgan fingerprint density at radius 2 is 2.07 bits per heavy atom. The lowest BCUT2D eigenvalue weighted by molar-refractivity contribution is -0.138. The predicted molar refractivity (Wildman–Crippen MR) is 56.4 cm³/mol. The van der Waals surface area contributed by atoms with Crippen LogP contribution in [0.15, 0.2) is 18.2 Å². The molecule has 0 unspecified atom stereocenters. The van der Waals surface area contributed by atoms with Crippen LogP contribution in [-0.2, 0) is 10.2 Å². The van der Waals surface area contributed by atoms with Crippen LogP contribution in [0.5, 0.6) is 0 Å². The van der Waals surface area contributed by atoms with Crippen LogP contribution in [0.2, 0.25) is 0 Å². The van der Waals surface area contributed by atoms with E-state index in [0.717, 1.165) is 5.56 Å². The highest BCUT2D eigenvalue weighted by atomic mass is 19.1. The Morgan fingerprint density at radius 3 is 2.53 bits per heavy atom. The predicted octanol–water partition coefficient (Wildman–Crippen LogP) is 2.89. The molecular weight excluding hydrogens is 195 g/mol. The molecule has 15 heavy (non-hydrogen) atoms. The van der Waals surface area contributed by atoms with Gasteiger partial charge in [0.25, 0.3) is 0 Å². The van der Waals surface area contributed by atoms with Gasteiger partial charge in [-0.25, -0.2) is 4.39 Å². The minimum atomic E-state index is -0.914. The zero-order valence-corrected chi connectivity index (χ0v) is 9.17. The van der Waals surface area contributed by atoms with Gasteiger partial charge in [-0.15, -0.1) is 0 Å². The summed E-state index contributed by atoms with van der Waals surface area (Å²) < 4.78 is 13.6. The van der Waals surface area contributed by atoms with Crippen molar-refractivity contribution in [1.29, 1.82) is 0 Å². The van der Waals surface area contributed by atoms with E-state index in [1.165, 1.54) is 6.07 Å². The van der Waals surface area contributed by atoms with Crippen LogP contribution in [0.3, 0.4) is 0 Å². The number of hydrogen-bond acceptors (Lipinski definition) is 1. The van der Waals surface area contributed by atoms with Crippen molar-refractivity contribution in [2.75, 3.05) is 0 Å². The number of carboxylic acids is 1. The molecule has 2 nitrogen and oxygen atoms in total. The monoisotopic (exact) mass is 210 g/mol. The van der Waals surface area contributed by atoms with Gasteiger partial charge in [-0.2, -0.15) is 0 Å². The molecule has 0 saturated heterocycles. The highest BCUT2D eigenvalue weighted by molar-refractivity contribution is 5.69. The Balaban J connectivity index is 3.19. The van der Waals surface area contributed by atoms with Crippen molar-refractivity contribution in [2.45, 2.75) is 32.6 Å². The Labute approximate surface area is 88.7 Å². The molecule has 0 fully saturated rings. The van der Waals surface area contributed by atoms with Gasteiger partial charge in [0, 0.05) is 5.41 Å². The number of benzene rings is 1. The van der Waals surface area contributed by atoms with E-state index in [9.17, 15) is 9.18 Å². The average Bonchev–Trinajstić information content (AvgIpc) is 1.99. The number of halogens is 1. The maximum absolute atomic E-state index is 13.6. The van der Waals surface area contributed by atoms with Crippen LogP contribution in [0.4, 0.5) is 4.39 Å². The van der Waals surface area contributed by atoms with Crippen molar-refractivity contribution in [1.82, 2.24) is 0 Å². The number of aryl methyl sites for hydroxylation is 1. The first-order valence-corrected chi connectivity index (χ1v) is 4.82. The second kappa shape index (κ2) is 4.01. The van der Waals surface area contributed by atoms with Crippen molar-refractivity contribution in [2.24, 2.45) is 0 Å². The topological polar surface area (TPSA) is 37.3 Å². The molecule has 1 aromatic rings. The van der Waals surface area contributed by atoms with E-state index in [4.69, 9.17) is 5.11 Å². The molecular formula is C12H15FO2. The molecule has 1 N–H and O–H groups in total. The fourth-order valence-electron chi connectivity index (χ4n) is 1.96. The fourth-order valence-corrected chi connectivity index (χ4v) is 1.96. The number of hydrogen-bond donors (Lipinski definition) is 1. The van der Waals surface area contributed by atoms with Gasteiger partial charge in [0.15, 0.2) is 0 Å². The Kier molecular flexibility index (Phi) is 3.12. The fraction of sp³-hybridized carbons (Fsp3) is 0.417. The lowest BCUT2D eigenvalue weighted by Crippen LogP contribution is -2.24. The third-order valence-corrected chi connectivity index (χ3v) is 2.49. The molecule has 0 amide bonds. The van der Waals surface area contributed by atoms with Crippen LogP contribution in [0, 0.1) is 12.7 Å². The molecule has 0 spiro atoms. The summed E-state index contributed by atoms with van der Waals surface area (Å²) in [5.74, 6) is -1.25. The van der Waals surface area contributed by atoms with Crippen LogP contribution in [0.25, 0.3) is 0 Å². The Bertz CT molecular complexity index is 363. The quantitative estimate of drug-likeness (QED) is 0.832. The largest absolute Gasteiger partial charge is 0.481 e. The lowest BCUT2D eigenvalue weighted by atomic mass is 9.79. The van der Waals surface area contributed by atoms with Crippen molar-refractivity contribution >= 4 is 5.97 Å². The van der Waals surface area contributed by atoms with Crippen molar-refractivity contribution in [3.63, 3.8) is 0 Å². The van der Waals surface area contributed by atoms with Gasteiger partial charge in [-0.05, 0) is 24.1 Å². The highest BCUT2D eigenvalue weighted by Gasteiger charge is 2.28. The molecule has 1 aromatic carbocycles. The first kappa shape index (κ1) is 11.7. The molecule has 0 radical (unpaired) electrons. The van der Waals surface area contributed by atoms with Gasteiger partial charge < -0.3 is 5.11 Å². The Hall–Kier alpha value is -1.38. The molecule has 82 valence electrons. The molecule has 0 saturated carbocycles. The standard InChI is InChI=1S/C12H15FO2/c1-8-5-4-6-9(13)11(8)12(2,3)7-10(14)15/h4-6H,7H2,1-3H3,(H,14,15). The van der Waals surface area contributed by atoms with E-state index in [-0.39, 0.29) is 12.2 Å². The summed E-state index contributed by atoms with van der Waals surface area (Å²) in [4.78, 5) is 10.7. The summed E-state index contributed by atoms with van der Waals surface area (Å²) >= 11 is 0. The van der Waals surface area contributed by atoms with E-state index in [1.807, 2.05) is 0 Å². The molecule has 0 bridgehead atoms. The number of carbonyl (C=O) groups is 1. The summed E-state index contributed by atoms with van der Waals surface area (Å²) in [6.07, 6.45) is -0.0746. The molecule has 1 rings (SSSR count). The molecule has 0 aromatic heterocycles. The van der Waals surface area contributed by atoms with Crippen LogP contribution >= 0.6 is 0 Å². The van der Waals surface area contributed by atoms with E-state index in [2.05, 4.69) is 0 Å². The number of aliphatic carboxylic acids is 1. The lowest BCUT2D eigenvalue weighted by Gasteiger charge is -2.25. The smallest absolute Gasteiger partial charge is 0.304 e. The summed E-state index contributed by atoms with van der Waals surface area (Å²) in [5, 5.41) is 8.77. The number of rotatable bonds is 3. The van der Waals surface area contributed by atoms with E-state index in [1.54, 1.807) is 32.9 Å². The highest BCUT2D eigenvalue weighted by Crippen LogP contribution is 2.31. The Morgan fingerprint density at radius 1 is 1.47 bits per heavy atom. The zero-order valence-electron chi connectivity index (χ0n) is 9.17. The van der Waals surface area contributed by atoms with Crippen molar-refractivity contribution in [3.05, 3.63) is 35.1 Å². The minimum Gasteiger partial charge on any atom is -0.481 e. The molecule has 3 heteroatoms. The first-order chi connectivity index (χ1) is 6.84. The van der Waals surface area contributed by atoms with Gasteiger partial charge in [0.05, 0.1) is 6.42 Å². The van der Waals surface area contributed by atoms with Crippen LogP contribution in [0.1, 0.15) is 31.4 Å². The van der Waals surface area contributed by atoms with Crippen LogP contribution < -0.4 is 0 Å². The van der Waals surface area contributed by atoms with Gasteiger partial charge in [-0.1, -0.05) is 26.0 Å². The molecule has 0 atom stereocenters. The summed E-state index contributed by atoms with van der Waals surface area (Å²) in [6.45, 7) is 5.28. The van der Waals surface area contributed by atoms with Gasteiger partial charge >= 0.3 is 5.97 Å². The van der Waals surface area contributed by atoms with Crippen LogP contribution in [-0.4, -0.2) is 11.1 Å². The molecule has 0 heterocycles. The van der Waals surface area contributed by atoms with Gasteiger partial charge in [0.2, 0.25) is 0 Å². The SMILES string of the molecule is Cc1cccc(F)c1C(C)(C)CC(=O)O. The average molecular weight is 210 g/mol. The summed E-state index contributed by atoms with van der Waals surface area (Å²) in [5.41, 5.74) is 0.606. The van der Waals surface area contributed by atoms with Crippen molar-refractivity contribution in [3.8, 4) is 0 Å². The summed E-state index contributed by atoms with van der Waals surface area (Å²) in [6, 6.07) is 4.79. The molecule has 0 aliphatic heterocycles. The maximum atomic E-state index is 13.6. The first-order valence-electron chi connectivity index (χ1n) is 4.82. The normalized spacial score (nSPS) is 11.5. The van der Waals surface area contributed by atoms with E-state index < -0.39 is 11.4 Å². The van der Waals surface area contributed by atoms with E-state index in [0.29, 0.717) is 5.56 Å². The van der Waals surface area contributed by atoms with Gasteiger partial charge in [0.1, 0.15) is 5.82 Å². The molecule has 0 aliphatic rings. The molecule has 0 aliphatic carbocycles. The summed E-state index contributed by atoms with van der Waals surface area (Å²) in [7, 11) is 0. The maximum Gasteiger partial charge on any atom is 0.304 e. The van der Waals surface area contributed by atoms with E-state index >= 15 is 0 Å². The van der Waals surface area contributed by atoms with Gasteiger partial charge in [-0.3, -0.25) is 4.79 Å². The second-order valence-electron chi connectivity index (χ2n) is 4.39. The number of carboxylic acid groups (broad SMARTS) is 1.